The molecule has 0 atom stereocenters. The Morgan fingerprint density at radius 3 is 1.50 bits per heavy atom. The molecule has 0 fully saturated rings. The van der Waals surface area contributed by atoms with Crippen LogP contribution in [-0.4, -0.2) is 83.9 Å². The van der Waals surface area contributed by atoms with E-state index in [1.165, 1.54) is 34.6 Å². The number of aromatic nitrogens is 2. The largest absolute Gasteiger partial charge is 0.329 e. The lowest BCUT2D eigenvalue weighted by atomic mass is 10.0. The summed E-state index contributed by atoms with van der Waals surface area (Å²) in [5.74, 6) is -0.774. The molecule has 2 aromatic carbocycles. The molecule has 3 aromatic rings. The van der Waals surface area contributed by atoms with Crippen molar-refractivity contribution in [2.45, 2.75) is 25.7 Å². The zero-order valence-corrected chi connectivity index (χ0v) is 22.9. The fourth-order valence-corrected chi connectivity index (χ4v) is 5.51. The summed E-state index contributed by atoms with van der Waals surface area (Å²) in [6.07, 6.45) is 4.99. The number of nitrogens with one attached hydrogen (secondary N) is 2. The van der Waals surface area contributed by atoms with Crippen LogP contribution in [0.1, 0.15) is 43.2 Å². The zero-order valence-electron chi connectivity index (χ0n) is 22.9. The third-order valence-corrected chi connectivity index (χ3v) is 7.74. The minimum atomic E-state index is -0.387. The van der Waals surface area contributed by atoms with Crippen LogP contribution in [0.3, 0.4) is 0 Å². The van der Waals surface area contributed by atoms with Gasteiger partial charge in [-0.25, -0.2) is 9.97 Å². The molecule has 10 heteroatoms. The first kappa shape index (κ1) is 27.9. The van der Waals surface area contributed by atoms with E-state index in [9.17, 15) is 9.59 Å². The summed E-state index contributed by atoms with van der Waals surface area (Å²) < 4.78 is 0. The summed E-state index contributed by atoms with van der Waals surface area (Å²) in [4.78, 5) is 39.0. The lowest BCUT2D eigenvalue weighted by Gasteiger charge is -2.17. The van der Waals surface area contributed by atoms with Gasteiger partial charge >= 0.3 is 0 Å². The summed E-state index contributed by atoms with van der Waals surface area (Å²) in [6, 6.07) is 13.5. The molecule has 0 saturated carbocycles. The van der Waals surface area contributed by atoms with Crippen molar-refractivity contribution in [3.8, 4) is 0 Å². The van der Waals surface area contributed by atoms with Crippen molar-refractivity contribution in [3.63, 3.8) is 0 Å². The Kier molecular flexibility index (Phi) is 9.12. The Labute approximate surface area is 235 Å². The van der Waals surface area contributed by atoms with Gasteiger partial charge in [0.25, 0.3) is 11.8 Å². The second kappa shape index (κ2) is 13.1. The normalized spacial score (nSPS) is 15.8. The SMILES string of the molecule is NCCN1CCc2ccc(NC(=O)c3cc(C(=O)Nc4ccc5c(c4)CCN(CCN)CC5)ncn3)cc2CC1. The highest BCUT2D eigenvalue weighted by Gasteiger charge is 2.18. The van der Waals surface area contributed by atoms with Crippen LogP contribution >= 0.6 is 0 Å². The van der Waals surface area contributed by atoms with Crippen molar-refractivity contribution < 1.29 is 9.59 Å². The zero-order chi connectivity index (χ0) is 27.9. The maximum Gasteiger partial charge on any atom is 0.274 e. The molecule has 2 aliphatic rings. The van der Waals surface area contributed by atoms with E-state index < -0.39 is 0 Å². The number of fused-ring (bicyclic) bond motifs is 2. The van der Waals surface area contributed by atoms with E-state index in [2.05, 4.69) is 42.5 Å². The van der Waals surface area contributed by atoms with Gasteiger partial charge in [0.15, 0.2) is 0 Å². The Morgan fingerprint density at radius 2 is 1.07 bits per heavy atom. The van der Waals surface area contributed by atoms with Crippen LogP contribution in [0.2, 0.25) is 0 Å². The van der Waals surface area contributed by atoms with Crippen LogP contribution in [0.4, 0.5) is 11.4 Å². The molecular formula is C30H38N8O2. The van der Waals surface area contributed by atoms with Crippen molar-refractivity contribution in [2.24, 2.45) is 11.5 Å². The van der Waals surface area contributed by atoms with Gasteiger partial charge in [0, 0.05) is 69.8 Å². The maximum absolute atomic E-state index is 13.0. The van der Waals surface area contributed by atoms with Gasteiger partial charge in [-0.3, -0.25) is 9.59 Å². The number of benzene rings is 2. The molecule has 0 aliphatic carbocycles. The predicted molar refractivity (Wildman–Crippen MR) is 157 cm³/mol. The summed E-state index contributed by atoms with van der Waals surface area (Å²) >= 11 is 0. The molecule has 3 heterocycles. The van der Waals surface area contributed by atoms with Gasteiger partial charge in [0.05, 0.1) is 0 Å². The third kappa shape index (κ3) is 6.89. The first-order valence-corrected chi connectivity index (χ1v) is 14.1. The molecule has 10 nitrogen and oxygen atoms in total. The lowest BCUT2D eigenvalue weighted by molar-refractivity contribution is 0.102. The molecule has 40 heavy (non-hydrogen) atoms. The summed E-state index contributed by atoms with van der Waals surface area (Å²) in [7, 11) is 0. The maximum atomic E-state index is 13.0. The molecule has 5 rings (SSSR count). The van der Waals surface area contributed by atoms with E-state index in [4.69, 9.17) is 11.5 Å². The Balaban J connectivity index is 1.22. The van der Waals surface area contributed by atoms with Crippen LogP contribution < -0.4 is 22.1 Å². The Bertz CT molecular complexity index is 1260. The number of hydrogen-bond donors (Lipinski definition) is 4. The van der Waals surface area contributed by atoms with Crippen LogP contribution in [0, 0.1) is 0 Å². The summed E-state index contributed by atoms with van der Waals surface area (Å²) in [5.41, 5.74) is 18.2. The van der Waals surface area contributed by atoms with Crippen molar-refractivity contribution in [3.05, 3.63) is 82.4 Å². The van der Waals surface area contributed by atoms with E-state index in [0.717, 1.165) is 65.0 Å². The van der Waals surface area contributed by atoms with Gasteiger partial charge in [0.2, 0.25) is 0 Å². The van der Waals surface area contributed by atoms with Gasteiger partial charge in [-0.2, -0.15) is 0 Å². The number of amides is 2. The Hall–Kier alpha value is -3.70. The van der Waals surface area contributed by atoms with Crippen molar-refractivity contribution in [1.82, 2.24) is 19.8 Å². The average Bonchev–Trinajstić information content (AvgIpc) is 3.29. The van der Waals surface area contributed by atoms with Gasteiger partial charge in [-0.05, 0) is 72.2 Å². The number of anilines is 2. The highest BCUT2D eigenvalue weighted by atomic mass is 16.2. The lowest BCUT2D eigenvalue weighted by Crippen LogP contribution is -2.31. The first-order chi connectivity index (χ1) is 19.5. The highest BCUT2D eigenvalue weighted by Crippen LogP contribution is 2.22. The number of rotatable bonds is 8. The fraction of sp³-hybridized carbons (Fsp3) is 0.400. The van der Waals surface area contributed by atoms with Crippen molar-refractivity contribution >= 4 is 23.2 Å². The fourth-order valence-electron chi connectivity index (χ4n) is 5.51. The van der Waals surface area contributed by atoms with E-state index in [-0.39, 0.29) is 23.2 Å². The summed E-state index contributed by atoms with van der Waals surface area (Å²) in [5, 5.41) is 5.85. The van der Waals surface area contributed by atoms with E-state index >= 15 is 0 Å². The number of carbonyl (C=O) groups is 2. The van der Waals surface area contributed by atoms with Gasteiger partial charge in [-0.15, -0.1) is 0 Å². The second-order valence-electron chi connectivity index (χ2n) is 10.4. The van der Waals surface area contributed by atoms with Crippen LogP contribution in [-0.2, 0) is 25.7 Å². The smallest absolute Gasteiger partial charge is 0.274 e. The minimum absolute atomic E-state index is 0.131. The van der Waals surface area contributed by atoms with Crippen LogP contribution in [0.25, 0.3) is 0 Å². The van der Waals surface area contributed by atoms with E-state index in [1.54, 1.807) is 0 Å². The van der Waals surface area contributed by atoms with Gasteiger partial charge < -0.3 is 31.9 Å². The quantitative estimate of drug-likeness (QED) is 0.337. The van der Waals surface area contributed by atoms with Crippen molar-refractivity contribution in [1.29, 1.82) is 0 Å². The van der Waals surface area contributed by atoms with Gasteiger partial charge in [0.1, 0.15) is 17.7 Å². The molecule has 2 aliphatic heterocycles. The Morgan fingerprint density at radius 1 is 0.650 bits per heavy atom. The molecule has 0 spiro atoms. The topological polar surface area (TPSA) is 142 Å². The number of nitrogens with two attached hydrogens (primary N) is 2. The molecule has 2 amide bonds. The second-order valence-corrected chi connectivity index (χ2v) is 10.4. The molecule has 0 saturated heterocycles. The molecule has 6 N–H and O–H groups in total. The number of carbonyl (C=O) groups excluding carboxylic acids is 2. The standard InChI is InChI=1S/C30H38N8O2/c31-9-15-37-11-5-21-1-3-25(17-23(21)7-13-37)35-29(39)27-19-28(34-20-33-27)30(40)36-26-4-2-22-6-12-38(16-10-32)14-8-24(22)18-26/h1-4,17-20H,5-16,31-32H2,(H,35,39)(H,36,40). The monoisotopic (exact) mass is 542 g/mol. The van der Waals surface area contributed by atoms with Crippen molar-refractivity contribution in [2.75, 3.05) is 63.0 Å². The minimum Gasteiger partial charge on any atom is -0.329 e. The van der Waals surface area contributed by atoms with E-state index in [1.807, 2.05) is 24.3 Å². The molecule has 0 bridgehead atoms. The number of nitrogens with zero attached hydrogens (tertiary/aromatic N) is 4. The number of hydrogen-bond acceptors (Lipinski definition) is 8. The van der Waals surface area contributed by atoms with Crippen LogP contribution in [0.15, 0.2) is 48.8 Å². The first-order valence-electron chi connectivity index (χ1n) is 14.1. The molecule has 0 unspecified atom stereocenters. The van der Waals surface area contributed by atoms with E-state index in [0.29, 0.717) is 24.5 Å². The third-order valence-electron chi connectivity index (χ3n) is 7.74. The molecule has 0 radical (unpaired) electrons. The molecule has 210 valence electrons. The predicted octanol–water partition coefficient (Wildman–Crippen LogP) is 1.70. The molecule has 1 aromatic heterocycles. The summed E-state index contributed by atoms with van der Waals surface area (Å²) in [6.45, 7) is 6.95. The van der Waals surface area contributed by atoms with Crippen LogP contribution in [0.5, 0.6) is 0 Å². The molecular weight excluding hydrogens is 504 g/mol. The highest BCUT2D eigenvalue weighted by molar-refractivity contribution is 6.07. The van der Waals surface area contributed by atoms with Gasteiger partial charge in [-0.1, -0.05) is 12.1 Å². The average molecular weight is 543 g/mol.